The maximum absolute atomic E-state index is 13.1. The van der Waals surface area contributed by atoms with Crippen molar-refractivity contribution in [1.82, 2.24) is 9.88 Å². The molecule has 2 atom stereocenters. The first kappa shape index (κ1) is 18.1. The highest BCUT2D eigenvalue weighted by atomic mass is 79.9. The SMILES string of the molecule is CCc1cc(Br)c(C(=O)OC(C)(C)C)c2c3c(n(C)c12)CC1CCC3N1. The van der Waals surface area contributed by atoms with E-state index < -0.39 is 5.60 Å². The van der Waals surface area contributed by atoms with E-state index in [1.807, 2.05) is 20.8 Å². The lowest BCUT2D eigenvalue weighted by atomic mass is 9.94. The molecule has 26 heavy (non-hydrogen) atoms. The molecule has 0 saturated carbocycles. The van der Waals surface area contributed by atoms with Gasteiger partial charge in [0, 0.05) is 41.1 Å². The average Bonchev–Trinajstić information content (AvgIpc) is 3.05. The molecular weight excluding hydrogens is 392 g/mol. The van der Waals surface area contributed by atoms with Gasteiger partial charge in [0.15, 0.2) is 0 Å². The van der Waals surface area contributed by atoms with Gasteiger partial charge in [-0.3, -0.25) is 0 Å². The van der Waals surface area contributed by atoms with E-state index in [9.17, 15) is 4.79 Å². The molecule has 2 bridgehead atoms. The minimum atomic E-state index is -0.516. The third-order valence-corrected chi connectivity index (χ3v) is 6.29. The van der Waals surface area contributed by atoms with Crippen molar-refractivity contribution in [3.05, 3.63) is 32.9 Å². The molecule has 4 rings (SSSR count). The Morgan fingerprint density at radius 1 is 1.38 bits per heavy atom. The Kier molecular flexibility index (Phi) is 4.23. The molecule has 2 aliphatic heterocycles. The van der Waals surface area contributed by atoms with Gasteiger partial charge in [0.2, 0.25) is 0 Å². The van der Waals surface area contributed by atoms with Crippen molar-refractivity contribution in [2.45, 2.75) is 71.1 Å². The van der Waals surface area contributed by atoms with E-state index in [0.717, 1.165) is 29.1 Å². The molecule has 1 saturated heterocycles. The maximum Gasteiger partial charge on any atom is 0.340 e. The largest absolute Gasteiger partial charge is 0.456 e. The molecule has 3 heterocycles. The highest BCUT2D eigenvalue weighted by Crippen LogP contribution is 2.45. The number of aryl methyl sites for hydroxylation is 2. The van der Waals surface area contributed by atoms with Crippen LogP contribution in [-0.2, 0) is 24.6 Å². The van der Waals surface area contributed by atoms with Crippen LogP contribution >= 0.6 is 15.9 Å². The Labute approximate surface area is 163 Å². The monoisotopic (exact) mass is 418 g/mol. The molecule has 0 aliphatic carbocycles. The van der Waals surface area contributed by atoms with E-state index in [2.05, 4.69) is 45.9 Å². The van der Waals surface area contributed by atoms with Crippen LogP contribution in [0.4, 0.5) is 0 Å². The topological polar surface area (TPSA) is 43.3 Å². The fourth-order valence-corrected chi connectivity index (χ4v) is 5.30. The van der Waals surface area contributed by atoms with E-state index in [0.29, 0.717) is 17.6 Å². The number of hydrogen-bond donors (Lipinski definition) is 1. The van der Waals surface area contributed by atoms with Crippen LogP contribution < -0.4 is 5.32 Å². The number of aromatic nitrogens is 1. The zero-order valence-electron chi connectivity index (χ0n) is 16.2. The second kappa shape index (κ2) is 6.10. The molecule has 2 aliphatic rings. The van der Waals surface area contributed by atoms with Crippen LogP contribution in [0.15, 0.2) is 10.5 Å². The average molecular weight is 419 g/mol. The van der Waals surface area contributed by atoms with Crippen LogP contribution in [0, 0.1) is 0 Å². The predicted molar refractivity (Wildman–Crippen MR) is 108 cm³/mol. The van der Waals surface area contributed by atoms with E-state index in [1.165, 1.54) is 28.8 Å². The van der Waals surface area contributed by atoms with Crippen molar-refractivity contribution in [3.63, 3.8) is 0 Å². The first-order chi connectivity index (χ1) is 12.2. The third kappa shape index (κ3) is 2.71. The van der Waals surface area contributed by atoms with E-state index in [1.54, 1.807) is 0 Å². The molecule has 0 radical (unpaired) electrons. The number of fused-ring (bicyclic) bond motifs is 6. The Bertz CT molecular complexity index is 907. The van der Waals surface area contributed by atoms with Gasteiger partial charge < -0.3 is 14.6 Å². The van der Waals surface area contributed by atoms with Crippen molar-refractivity contribution in [1.29, 1.82) is 0 Å². The summed E-state index contributed by atoms with van der Waals surface area (Å²) in [7, 11) is 2.15. The van der Waals surface area contributed by atoms with Crippen LogP contribution in [0.5, 0.6) is 0 Å². The first-order valence-corrected chi connectivity index (χ1v) is 10.3. The van der Waals surface area contributed by atoms with Gasteiger partial charge in [-0.15, -0.1) is 0 Å². The third-order valence-electron chi connectivity index (χ3n) is 5.66. The van der Waals surface area contributed by atoms with Crippen LogP contribution in [0.2, 0.25) is 0 Å². The van der Waals surface area contributed by atoms with Gasteiger partial charge in [-0.1, -0.05) is 6.92 Å². The quantitative estimate of drug-likeness (QED) is 0.711. The highest BCUT2D eigenvalue weighted by Gasteiger charge is 2.38. The second-order valence-electron chi connectivity index (χ2n) is 8.59. The predicted octanol–water partition coefficient (Wildman–Crippen LogP) is 4.81. The number of carbonyl (C=O) groups excluding carboxylic acids is 1. The molecule has 4 nitrogen and oxygen atoms in total. The number of nitrogens with zero attached hydrogens (tertiary/aromatic N) is 1. The summed E-state index contributed by atoms with van der Waals surface area (Å²) in [4.78, 5) is 13.1. The summed E-state index contributed by atoms with van der Waals surface area (Å²) in [6.45, 7) is 7.92. The lowest BCUT2D eigenvalue weighted by molar-refractivity contribution is 0.00708. The number of ether oxygens (including phenoxy) is 1. The maximum atomic E-state index is 13.1. The molecular formula is C21H27BrN2O2. The molecule has 2 aromatic rings. The van der Waals surface area contributed by atoms with Gasteiger partial charge >= 0.3 is 5.97 Å². The summed E-state index contributed by atoms with van der Waals surface area (Å²) in [6.07, 6.45) is 4.31. The molecule has 1 aromatic heterocycles. The summed E-state index contributed by atoms with van der Waals surface area (Å²) in [5, 5.41) is 4.83. The summed E-state index contributed by atoms with van der Waals surface area (Å²) in [5.74, 6) is -0.245. The Morgan fingerprint density at radius 3 is 2.77 bits per heavy atom. The molecule has 1 aromatic carbocycles. The minimum Gasteiger partial charge on any atom is -0.456 e. The highest BCUT2D eigenvalue weighted by molar-refractivity contribution is 9.10. The fraction of sp³-hybridized carbons (Fsp3) is 0.571. The molecule has 140 valence electrons. The van der Waals surface area contributed by atoms with Crippen LogP contribution in [0.25, 0.3) is 10.9 Å². The van der Waals surface area contributed by atoms with Crippen LogP contribution in [0.3, 0.4) is 0 Å². The fourth-order valence-electron chi connectivity index (χ4n) is 4.66. The normalized spacial score (nSPS) is 21.9. The summed E-state index contributed by atoms with van der Waals surface area (Å²) < 4.78 is 8.93. The smallest absolute Gasteiger partial charge is 0.340 e. The van der Waals surface area contributed by atoms with E-state index in [4.69, 9.17) is 4.74 Å². The number of esters is 1. The van der Waals surface area contributed by atoms with Crippen molar-refractivity contribution >= 4 is 32.8 Å². The minimum absolute atomic E-state index is 0.245. The number of benzene rings is 1. The lowest BCUT2D eigenvalue weighted by Gasteiger charge is -2.24. The Morgan fingerprint density at radius 2 is 2.12 bits per heavy atom. The molecule has 2 unspecified atom stereocenters. The molecule has 1 fully saturated rings. The van der Waals surface area contributed by atoms with E-state index in [-0.39, 0.29) is 5.97 Å². The van der Waals surface area contributed by atoms with E-state index >= 15 is 0 Å². The van der Waals surface area contributed by atoms with Crippen LogP contribution in [-0.4, -0.2) is 22.2 Å². The Balaban J connectivity index is 2.03. The summed E-state index contributed by atoms with van der Waals surface area (Å²) in [5.41, 5.74) is 5.31. The lowest BCUT2D eigenvalue weighted by Crippen LogP contribution is -2.32. The molecule has 0 spiro atoms. The number of nitrogens with one attached hydrogen (secondary N) is 1. The molecule has 5 heteroatoms. The summed E-state index contributed by atoms with van der Waals surface area (Å²) >= 11 is 3.68. The van der Waals surface area contributed by atoms with Crippen molar-refractivity contribution in [2.24, 2.45) is 7.05 Å². The number of rotatable bonds is 2. The second-order valence-corrected chi connectivity index (χ2v) is 9.44. The zero-order valence-corrected chi connectivity index (χ0v) is 17.8. The summed E-state index contributed by atoms with van der Waals surface area (Å²) in [6, 6.07) is 3.00. The number of halogens is 1. The van der Waals surface area contributed by atoms with Gasteiger partial charge in [0.05, 0.1) is 11.1 Å². The molecule has 0 amide bonds. The number of hydrogen-bond acceptors (Lipinski definition) is 3. The Hall–Kier alpha value is -1.33. The van der Waals surface area contributed by atoms with Crippen molar-refractivity contribution < 1.29 is 9.53 Å². The first-order valence-electron chi connectivity index (χ1n) is 9.53. The van der Waals surface area contributed by atoms with Gasteiger partial charge in [-0.25, -0.2) is 4.79 Å². The van der Waals surface area contributed by atoms with Crippen molar-refractivity contribution in [3.8, 4) is 0 Å². The van der Waals surface area contributed by atoms with Gasteiger partial charge in [-0.05, 0) is 73.2 Å². The van der Waals surface area contributed by atoms with Gasteiger partial charge in [-0.2, -0.15) is 0 Å². The zero-order chi connectivity index (χ0) is 18.8. The van der Waals surface area contributed by atoms with Crippen LogP contribution in [0.1, 0.15) is 73.8 Å². The van der Waals surface area contributed by atoms with Gasteiger partial charge in [0.25, 0.3) is 0 Å². The molecule has 1 N–H and O–H groups in total. The standard InChI is InChI=1S/C21H27BrN2O2/c1-6-11-9-13(22)16(20(25)26-21(2,3)4)18-17-14-8-7-12(23-14)10-15(17)24(5)19(11)18/h9,12,14,23H,6-8,10H2,1-5H3. The van der Waals surface area contributed by atoms with Crippen molar-refractivity contribution in [2.75, 3.05) is 0 Å². The number of carbonyl (C=O) groups is 1. The van der Waals surface area contributed by atoms with Gasteiger partial charge in [0.1, 0.15) is 5.60 Å².